The summed E-state index contributed by atoms with van der Waals surface area (Å²) in [5.41, 5.74) is 0.660. The summed E-state index contributed by atoms with van der Waals surface area (Å²) in [5.74, 6) is -1.40. The van der Waals surface area contributed by atoms with Crippen LogP contribution in [0.5, 0.6) is 5.75 Å². The molecule has 186 valence electrons. The van der Waals surface area contributed by atoms with E-state index in [-0.39, 0.29) is 11.7 Å². The lowest BCUT2D eigenvalue weighted by Crippen LogP contribution is -2.38. The van der Waals surface area contributed by atoms with Crippen LogP contribution in [0.3, 0.4) is 0 Å². The maximum Gasteiger partial charge on any atom is 0.433 e. The number of methoxy groups -OCH3 is 1. The van der Waals surface area contributed by atoms with Crippen LogP contribution in [0.15, 0.2) is 60.8 Å². The maximum absolute atomic E-state index is 14.0. The van der Waals surface area contributed by atoms with Gasteiger partial charge >= 0.3 is 6.18 Å². The Morgan fingerprint density at radius 2 is 1.71 bits per heavy atom. The van der Waals surface area contributed by atoms with E-state index >= 15 is 0 Å². The molecule has 3 aromatic rings. The number of alkyl halides is 3. The van der Waals surface area contributed by atoms with Crippen molar-refractivity contribution >= 4 is 5.91 Å². The van der Waals surface area contributed by atoms with Crippen LogP contribution in [0, 0.1) is 11.6 Å². The van der Waals surface area contributed by atoms with Crippen LogP contribution in [0.25, 0.3) is 0 Å². The quantitative estimate of drug-likeness (QED) is 0.406. The highest BCUT2D eigenvalue weighted by Crippen LogP contribution is 2.30. The lowest BCUT2D eigenvalue weighted by atomic mass is 9.96. The summed E-state index contributed by atoms with van der Waals surface area (Å²) in [6.07, 6.45) is -2.74. The van der Waals surface area contributed by atoms with Crippen LogP contribution in [0.2, 0.25) is 0 Å². The Balaban J connectivity index is 1.91. The molecule has 1 heterocycles. The van der Waals surface area contributed by atoms with E-state index in [4.69, 9.17) is 4.74 Å². The number of carbonyl (C=O) groups is 1. The number of likely N-dealkylation sites (N-methyl/N-ethyl adjacent to an activating group) is 1. The number of benzene rings is 2. The zero-order valence-electron chi connectivity index (χ0n) is 19.0. The Kier molecular flexibility index (Phi) is 8.39. The molecule has 10 heteroatoms. The maximum atomic E-state index is 14.0. The minimum atomic E-state index is -4.54. The van der Waals surface area contributed by atoms with Crippen molar-refractivity contribution in [3.05, 3.63) is 94.8 Å². The van der Waals surface area contributed by atoms with Gasteiger partial charge in [0, 0.05) is 19.3 Å². The van der Waals surface area contributed by atoms with Crippen molar-refractivity contribution in [2.75, 3.05) is 14.2 Å². The van der Waals surface area contributed by atoms with Gasteiger partial charge in [0.05, 0.1) is 7.11 Å². The molecule has 0 fully saturated rings. The number of rotatable bonds is 9. The molecule has 1 amide bonds. The summed E-state index contributed by atoms with van der Waals surface area (Å²) in [4.78, 5) is 16.2. The molecule has 0 aliphatic heterocycles. The monoisotopic (exact) mass is 493 g/mol. The van der Waals surface area contributed by atoms with Gasteiger partial charge in [0.25, 0.3) is 0 Å². The molecule has 35 heavy (non-hydrogen) atoms. The first kappa shape index (κ1) is 26.1. The summed E-state index contributed by atoms with van der Waals surface area (Å²) in [6, 6.07) is 10.5. The molecule has 2 unspecified atom stereocenters. The summed E-state index contributed by atoms with van der Waals surface area (Å²) >= 11 is 0. The SMILES string of the molecule is CNC(=O)C(NC(CCc1ccc(C(F)(F)F)nc1)c1ccc(F)c(OC)c1)c1ccc(F)cc1. The van der Waals surface area contributed by atoms with Crippen molar-refractivity contribution in [2.24, 2.45) is 0 Å². The molecule has 0 aliphatic carbocycles. The van der Waals surface area contributed by atoms with Crippen LogP contribution in [0.1, 0.15) is 40.9 Å². The molecule has 2 aromatic carbocycles. The van der Waals surface area contributed by atoms with Crippen LogP contribution in [0.4, 0.5) is 22.0 Å². The fourth-order valence-electron chi connectivity index (χ4n) is 3.61. The number of pyridine rings is 1. The van der Waals surface area contributed by atoms with Gasteiger partial charge in [-0.05, 0) is 59.9 Å². The molecule has 0 saturated carbocycles. The Hall–Kier alpha value is -3.53. The van der Waals surface area contributed by atoms with Crippen LogP contribution in [-0.4, -0.2) is 25.0 Å². The minimum absolute atomic E-state index is 0.00349. The summed E-state index contributed by atoms with van der Waals surface area (Å²) in [6.45, 7) is 0. The highest BCUT2D eigenvalue weighted by Gasteiger charge is 2.32. The number of hydrogen-bond donors (Lipinski definition) is 2. The number of carbonyl (C=O) groups excluding carboxylic acids is 1. The minimum Gasteiger partial charge on any atom is -0.494 e. The molecule has 2 N–H and O–H groups in total. The Labute approximate surface area is 199 Å². The molecular formula is C25H24F5N3O2. The van der Waals surface area contributed by atoms with E-state index in [1.165, 1.54) is 62.7 Å². The second kappa shape index (κ2) is 11.3. The zero-order valence-corrected chi connectivity index (χ0v) is 19.0. The summed E-state index contributed by atoms with van der Waals surface area (Å²) in [5, 5.41) is 5.78. The van der Waals surface area contributed by atoms with Gasteiger partial charge in [0.2, 0.25) is 5.91 Å². The largest absolute Gasteiger partial charge is 0.494 e. The van der Waals surface area contributed by atoms with Gasteiger partial charge in [0.1, 0.15) is 17.6 Å². The van der Waals surface area contributed by atoms with Crippen molar-refractivity contribution in [1.29, 1.82) is 0 Å². The first-order valence-corrected chi connectivity index (χ1v) is 10.7. The third-order valence-electron chi connectivity index (χ3n) is 5.49. The lowest BCUT2D eigenvalue weighted by Gasteiger charge is -2.26. The number of halogens is 5. The molecule has 5 nitrogen and oxygen atoms in total. The third-order valence-corrected chi connectivity index (χ3v) is 5.49. The number of nitrogens with one attached hydrogen (secondary N) is 2. The molecule has 0 bridgehead atoms. The van der Waals surface area contributed by atoms with Crippen molar-refractivity contribution in [3.63, 3.8) is 0 Å². The normalized spacial score (nSPS) is 13.2. The fourth-order valence-corrected chi connectivity index (χ4v) is 3.61. The fraction of sp³-hybridized carbons (Fsp3) is 0.280. The number of aryl methyl sites for hydroxylation is 1. The van der Waals surface area contributed by atoms with E-state index in [0.29, 0.717) is 29.5 Å². The zero-order chi connectivity index (χ0) is 25.6. The first-order chi connectivity index (χ1) is 16.6. The molecule has 1 aromatic heterocycles. The van der Waals surface area contributed by atoms with E-state index in [0.717, 1.165) is 12.3 Å². The molecular weight excluding hydrogens is 469 g/mol. The third kappa shape index (κ3) is 6.75. The van der Waals surface area contributed by atoms with Crippen molar-refractivity contribution in [2.45, 2.75) is 31.1 Å². The van der Waals surface area contributed by atoms with Gasteiger partial charge in [-0.25, -0.2) is 8.78 Å². The lowest BCUT2D eigenvalue weighted by molar-refractivity contribution is -0.141. The molecule has 3 rings (SSSR count). The number of aromatic nitrogens is 1. The molecule has 0 spiro atoms. The smallest absolute Gasteiger partial charge is 0.433 e. The van der Waals surface area contributed by atoms with Crippen molar-refractivity contribution < 1.29 is 31.5 Å². The van der Waals surface area contributed by atoms with Crippen LogP contribution in [-0.2, 0) is 17.4 Å². The van der Waals surface area contributed by atoms with Crippen LogP contribution >= 0.6 is 0 Å². The molecule has 0 aliphatic rings. The van der Waals surface area contributed by atoms with Gasteiger partial charge in [-0.15, -0.1) is 0 Å². The van der Waals surface area contributed by atoms with E-state index < -0.39 is 35.6 Å². The second-order valence-corrected chi connectivity index (χ2v) is 7.80. The Morgan fingerprint density at radius 1 is 1.03 bits per heavy atom. The first-order valence-electron chi connectivity index (χ1n) is 10.7. The average molecular weight is 493 g/mol. The predicted octanol–water partition coefficient (Wildman–Crippen LogP) is 5.14. The average Bonchev–Trinajstić information content (AvgIpc) is 2.84. The number of ether oxygens (including phenoxy) is 1. The van der Waals surface area contributed by atoms with Gasteiger partial charge in [0.15, 0.2) is 11.6 Å². The molecule has 0 radical (unpaired) electrons. The van der Waals surface area contributed by atoms with Gasteiger partial charge in [-0.3, -0.25) is 15.1 Å². The van der Waals surface area contributed by atoms with Gasteiger partial charge in [-0.1, -0.05) is 24.3 Å². The standard InChI is InChI=1S/C25H24F5N3O2/c1-31-24(34)23(16-5-8-18(26)9-6-16)33-20(17-7-10-19(27)21(13-17)35-2)11-3-15-4-12-22(32-14-15)25(28,29)30/h4-10,12-14,20,23,33H,3,11H2,1-2H3,(H,31,34). The molecule has 0 saturated heterocycles. The number of nitrogens with zero attached hydrogens (tertiary/aromatic N) is 1. The molecule has 2 atom stereocenters. The number of amides is 1. The van der Waals surface area contributed by atoms with E-state index in [1.807, 2.05) is 0 Å². The van der Waals surface area contributed by atoms with E-state index in [1.54, 1.807) is 0 Å². The number of hydrogen-bond acceptors (Lipinski definition) is 4. The van der Waals surface area contributed by atoms with E-state index in [9.17, 15) is 26.7 Å². The Morgan fingerprint density at radius 3 is 2.29 bits per heavy atom. The predicted molar refractivity (Wildman–Crippen MR) is 120 cm³/mol. The van der Waals surface area contributed by atoms with Crippen molar-refractivity contribution in [1.82, 2.24) is 15.6 Å². The second-order valence-electron chi connectivity index (χ2n) is 7.80. The van der Waals surface area contributed by atoms with Crippen molar-refractivity contribution in [3.8, 4) is 5.75 Å². The highest BCUT2D eigenvalue weighted by molar-refractivity contribution is 5.83. The summed E-state index contributed by atoms with van der Waals surface area (Å²) < 4.78 is 71.0. The Bertz CT molecular complexity index is 1140. The topological polar surface area (TPSA) is 63.2 Å². The van der Waals surface area contributed by atoms with E-state index in [2.05, 4.69) is 15.6 Å². The highest BCUT2D eigenvalue weighted by atomic mass is 19.4. The summed E-state index contributed by atoms with van der Waals surface area (Å²) in [7, 11) is 2.79. The van der Waals surface area contributed by atoms with Crippen LogP contribution < -0.4 is 15.4 Å². The van der Waals surface area contributed by atoms with Gasteiger partial charge < -0.3 is 10.1 Å². The van der Waals surface area contributed by atoms with Gasteiger partial charge in [-0.2, -0.15) is 13.2 Å².